The molecule has 0 radical (unpaired) electrons. The maximum absolute atomic E-state index is 14.8. The van der Waals surface area contributed by atoms with Crippen molar-refractivity contribution in [3.05, 3.63) is 37.1 Å². The van der Waals surface area contributed by atoms with E-state index in [0.29, 0.717) is 38.8 Å². The van der Waals surface area contributed by atoms with Gasteiger partial charge in [-0.25, -0.2) is 9.78 Å². The fourth-order valence-electron chi connectivity index (χ4n) is 9.77. The van der Waals surface area contributed by atoms with Gasteiger partial charge in [0.15, 0.2) is 21.1 Å². The summed E-state index contributed by atoms with van der Waals surface area (Å²) in [5.74, 6) is -1.31. The second-order valence-electron chi connectivity index (χ2n) is 18.0. The maximum Gasteiger partial charge on any atom is 0.410 e. The predicted molar refractivity (Wildman–Crippen MR) is 240 cm³/mol. The first-order chi connectivity index (χ1) is 29.2. The number of alkyl halides is 1. The van der Waals surface area contributed by atoms with E-state index in [1.165, 1.54) is 14.0 Å². The van der Waals surface area contributed by atoms with Crippen LogP contribution in [0, 0.1) is 30.1 Å². The van der Waals surface area contributed by atoms with Crippen molar-refractivity contribution in [1.29, 1.82) is 0 Å². The van der Waals surface area contributed by atoms with Crippen LogP contribution in [-0.2, 0) is 44.6 Å². The van der Waals surface area contributed by atoms with Crippen LogP contribution in [0.2, 0.25) is 0 Å². The highest BCUT2D eigenvalue weighted by atomic mass is 127. The summed E-state index contributed by atoms with van der Waals surface area (Å²) in [7, 11) is 3.37. The molecule has 0 bridgehead atoms. The number of ether oxygens (including phenoxy) is 5. The predicted octanol–water partition coefficient (Wildman–Crippen LogP) is 5.88. The zero-order valence-electron chi connectivity index (χ0n) is 37.9. The molecule has 3 fully saturated rings. The number of unbranched alkanes of at least 4 members (excludes halogenated alkanes) is 1. The van der Waals surface area contributed by atoms with Crippen LogP contribution in [0.4, 0.5) is 4.79 Å². The molecule has 3 saturated heterocycles. The van der Waals surface area contributed by atoms with Gasteiger partial charge in [0, 0.05) is 81.1 Å². The Bertz CT molecular complexity index is 1920. The Morgan fingerprint density at radius 3 is 2.45 bits per heavy atom. The standard InChI is InChI=1S/C46H66IN5O10/c1-12-14-20-50(10)34-23-29(4)59-41(37(34)54)61-40-31(6)39(55)45(8,47)42(56)60-35(13-2)46(9)38(30(5)36(53)28(3)24-44(40,7)58-11)52(43(57)62-46)22-16-15-21-51-26-33(49-27-51)32-18-17-19-48-25-32/h1,17-19,25-31,34-35,37-38,40-41,54H,13-16,20-24H2,2-11H3/t28-,29-,30+,31+,34+,35-,37-,38?,40-,41+,44-,45+,46-/m1/s1. The van der Waals surface area contributed by atoms with Crippen LogP contribution in [0.5, 0.6) is 0 Å². The maximum atomic E-state index is 14.8. The lowest BCUT2D eigenvalue weighted by Crippen LogP contribution is -2.61. The normalized spacial score (nSPS) is 36.2. The van der Waals surface area contributed by atoms with E-state index in [9.17, 15) is 24.3 Å². The molecule has 0 spiro atoms. The molecular weight excluding hydrogens is 909 g/mol. The summed E-state index contributed by atoms with van der Waals surface area (Å²) >= 11 is 1.82. The molecule has 1 amide bonds. The molecule has 15 nitrogen and oxygen atoms in total. The number of hydrogen-bond donors (Lipinski definition) is 1. The number of halogens is 1. The summed E-state index contributed by atoms with van der Waals surface area (Å²) in [6, 6.07) is 2.63. The van der Waals surface area contributed by atoms with E-state index >= 15 is 0 Å². The van der Waals surface area contributed by atoms with E-state index in [1.807, 2.05) is 71.3 Å². The minimum absolute atomic E-state index is 0.0998. The Hall–Kier alpha value is -3.47. The van der Waals surface area contributed by atoms with Crippen molar-refractivity contribution in [1.82, 2.24) is 24.3 Å². The lowest BCUT2D eigenvalue weighted by atomic mass is 9.73. The van der Waals surface area contributed by atoms with E-state index in [2.05, 4.69) is 15.9 Å². The number of cyclic esters (lactones) is 1. The molecule has 5 heterocycles. The van der Waals surface area contributed by atoms with E-state index in [-0.39, 0.29) is 37.3 Å². The molecule has 0 saturated carbocycles. The molecule has 0 aromatic carbocycles. The summed E-state index contributed by atoms with van der Waals surface area (Å²) in [6.07, 6.45) is 10.0. The third-order valence-electron chi connectivity index (χ3n) is 13.4. The van der Waals surface area contributed by atoms with E-state index in [0.717, 1.165) is 11.3 Å². The average molecular weight is 976 g/mol. The van der Waals surface area contributed by atoms with Crippen LogP contribution in [0.1, 0.15) is 93.9 Å². The number of aromatic nitrogens is 3. The monoisotopic (exact) mass is 975 g/mol. The van der Waals surface area contributed by atoms with Gasteiger partial charge in [0.1, 0.15) is 18.0 Å². The Morgan fingerprint density at radius 2 is 1.81 bits per heavy atom. The summed E-state index contributed by atoms with van der Waals surface area (Å²) in [5.41, 5.74) is -1.03. The molecule has 5 rings (SSSR count). The molecule has 3 aliphatic rings. The van der Waals surface area contributed by atoms with E-state index < -0.39 is 80.9 Å². The van der Waals surface area contributed by atoms with Crippen molar-refractivity contribution < 1.29 is 48.0 Å². The number of nitrogens with zero attached hydrogens (tertiary/aromatic N) is 5. The molecule has 1 unspecified atom stereocenters. The third-order valence-corrected chi connectivity index (χ3v) is 14.3. The van der Waals surface area contributed by atoms with Crippen LogP contribution in [-0.4, -0.2) is 138 Å². The molecule has 62 heavy (non-hydrogen) atoms. The highest BCUT2D eigenvalue weighted by Crippen LogP contribution is 2.44. The second-order valence-corrected chi connectivity index (χ2v) is 20.2. The Labute approximate surface area is 380 Å². The van der Waals surface area contributed by atoms with Crippen LogP contribution in [0.3, 0.4) is 0 Å². The lowest BCUT2D eigenvalue weighted by molar-refractivity contribution is -0.296. The quantitative estimate of drug-likeness (QED) is 0.0631. The number of hydrogen-bond acceptors (Lipinski definition) is 13. The number of rotatable bonds is 13. The lowest BCUT2D eigenvalue weighted by Gasteiger charge is -2.47. The molecular formula is C46H66IN5O10. The summed E-state index contributed by atoms with van der Waals surface area (Å²) in [5, 5.41) is 11.7. The first-order valence-electron chi connectivity index (χ1n) is 21.8. The molecule has 2 aromatic heterocycles. The number of carbonyl (C=O) groups is 4. The topological polar surface area (TPSA) is 172 Å². The van der Waals surface area contributed by atoms with Crippen LogP contribution in [0.15, 0.2) is 37.1 Å². The number of aryl methyl sites for hydroxylation is 1. The number of Topliss-reactive ketones (excluding diaryl/α,β-unsaturated/α-hetero) is 2. The van der Waals surface area contributed by atoms with E-state index in [1.54, 1.807) is 58.2 Å². The number of pyridine rings is 1. The van der Waals surface area contributed by atoms with Crippen molar-refractivity contribution in [2.75, 3.05) is 27.2 Å². The van der Waals surface area contributed by atoms with Gasteiger partial charge < -0.3 is 38.3 Å². The molecule has 0 aliphatic carbocycles. The summed E-state index contributed by atoms with van der Waals surface area (Å²) in [4.78, 5) is 70.1. The van der Waals surface area contributed by atoms with Crippen molar-refractivity contribution in [3.8, 4) is 23.6 Å². The van der Waals surface area contributed by atoms with Gasteiger partial charge in [-0.1, -0.05) is 50.3 Å². The van der Waals surface area contributed by atoms with Gasteiger partial charge in [-0.05, 0) is 79.0 Å². The number of terminal acetylenes is 1. The smallest absolute Gasteiger partial charge is 0.410 e. The van der Waals surface area contributed by atoms with Crippen molar-refractivity contribution >= 4 is 46.2 Å². The highest BCUT2D eigenvalue weighted by Gasteiger charge is 2.61. The second kappa shape index (κ2) is 20.6. The molecule has 2 aromatic rings. The largest absolute Gasteiger partial charge is 0.457 e. The molecule has 13 atom stereocenters. The van der Waals surface area contributed by atoms with Gasteiger partial charge in [-0.2, -0.15) is 0 Å². The van der Waals surface area contributed by atoms with Gasteiger partial charge >= 0.3 is 12.1 Å². The molecule has 3 aliphatic heterocycles. The van der Waals surface area contributed by atoms with Gasteiger partial charge in [0.2, 0.25) is 0 Å². The SMILES string of the molecule is C#CCCN(C)[C@H]1C[C@@H](C)O[C@@H](O[C@@H]2[C@@H](C)C(=O)[C@](C)(I)C(=O)O[C@H](CC)[C@@]3(C)OC(=O)N(CCCCn4cnc(-c5cccnc5)c4)C3[C@@H](C)C(=O)[C@H](C)C[C@@]2(C)OC)[C@@H]1O. The van der Waals surface area contributed by atoms with Crippen molar-refractivity contribution in [2.24, 2.45) is 17.8 Å². The Balaban J connectivity index is 1.45. The van der Waals surface area contributed by atoms with Crippen molar-refractivity contribution in [2.45, 2.75) is 158 Å². The fraction of sp³-hybridized carbons (Fsp3) is 0.696. The van der Waals surface area contributed by atoms with Gasteiger partial charge in [-0.15, -0.1) is 12.3 Å². The zero-order valence-corrected chi connectivity index (χ0v) is 40.1. The van der Waals surface area contributed by atoms with Gasteiger partial charge in [-0.3, -0.25) is 24.3 Å². The molecule has 16 heteroatoms. The van der Waals surface area contributed by atoms with Crippen molar-refractivity contribution in [3.63, 3.8) is 0 Å². The number of aliphatic hydroxyl groups is 1. The number of carbonyl (C=O) groups excluding carboxylic acids is 4. The number of methoxy groups -OCH3 is 1. The Morgan fingerprint density at radius 1 is 1.10 bits per heavy atom. The van der Waals surface area contributed by atoms with Gasteiger partial charge in [0.05, 0.1) is 35.9 Å². The molecule has 1 N–H and O–H groups in total. The zero-order chi connectivity index (χ0) is 45.7. The molecule has 342 valence electrons. The number of amides is 1. The minimum Gasteiger partial charge on any atom is -0.457 e. The Kier molecular flexibility index (Phi) is 16.4. The number of imidazole rings is 1. The highest BCUT2D eigenvalue weighted by molar-refractivity contribution is 14.1. The number of esters is 1. The first kappa shape index (κ1) is 49.5. The first-order valence-corrected chi connectivity index (χ1v) is 22.9. The fourth-order valence-corrected chi connectivity index (χ4v) is 10.4. The summed E-state index contributed by atoms with van der Waals surface area (Å²) in [6.45, 7) is 15.4. The number of likely N-dealkylation sites (N-methyl/N-ethyl adjacent to an activating group) is 1. The van der Waals surface area contributed by atoms with Gasteiger partial charge in [0.25, 0.3) is 0 Å². The average Bonchev–Trinajstić information content (AvgIpc) is 3.83. The van der Waals surface area contributed by atoms with E-state index in [4.69, 9.17) is 30.1 Å². The third kappa shape index (κ3) is 10.4. The number of fused-ring (bicyclic) bond motifs is 1. The van der Waals surface area contributed by atoms with Crippen LogP contribution < -0.4 is 0 Å². The van der Waals surface area contributed by atoms with Crippen LogP contribution >= 0.6 is 22.6 Å². The number of aliphatic hydroxyl groups excluding tert-OH is 1. The minimum atomic E-state index is -1.73. The number of ketones is 2. The van der Waals surface area contributed by atoms with Crippen LogP contribution in [0.25, 0.3) is 11.3 Å². The summed E-state index contributed by atoms with van der Waals surface area (Å²) < 4.78 is 31.9.